The van der Waals surface area contributed by atoms with Crippen molar-refractivity contribution < 1.29 is 27.8 Å². The van der Waals surface area contributed by atoms with Crippen LogP contribution in [-0.4, -0.2) is 28.4 Å². The number of aryl methyl sites for hydroxylation is 1. The van der Waals surface area contributed by atoms with Crippen molar-refractivity contribution in [2.75, 3.05) is 7.11 Å². The first-order chi connectivity index (χ1) is 9.83. The van der Waals surface area contributed by atoms with Gasteiger partial charge in [0.15, 0.2) is 5.75 Å². The second-order valence-electron chi connectivity index (χ2n) is 4.21. The van der Waals surface area contributed by atoms with E-state index in [-0.39, 0.29) is 17.0 Å². The van der Waals surface area contributed by atoms with E-state index in [4.69, 9.17) is 4.74 Å². The van der Waals surface area contributed by atoms with Gasteiger partial charge in [-0.2, -0.15) is 5.10 Å². The highest BCUT2D eigenvalue weighted by Crippen LogP contribution is 2.36. The monoisotopic (exact) mass is 302 g/mol. The number of aliphatic hydroxyl groups excluding tert-OH is 1. The number of aliphatic hydroxyl groups is 1. The summed E-state index contributed by atoms with van der Waals surface area (Å²) < 4.78 is 47.5. The number of methoxy groups -OCH3 is 1. The highest BCUT2D eigenvalue weighted by molar-refractivity contribution is 5.42. The van der Waals surface area contributed by atoms with E-state index < -0.39 is 18.2 Å². The minimum atomic E-state index is -4.84. The average Bonchev–Trinajstić information content (AvgIpc) is 2.78. The highest BCUT2D eigenvalue weighted by atomic mass is 19.4. The summed E-state index contributed by atoms with van der Waals surface area (Å²) in [5, 5.41) is 14.3. The van der Waals surface area contributed by atoms with Crippen LogP contribution in [0.1, 0.15) is 17.4 Å². The number of benzene rings is 1. The van der Waals surface area contributed by atoms with Gasteiger partial charge in [0.05, 0.1) is 13.3 Å². The van der Waals surface area contributed by atoms with Crippen LogP contribution in [-0.2, 0) is 7.05 Å². The van der Waals surface area contributed by atoms with Crippen LogP contribution in [0.2, 0.25) is 0 Å². The summed E-state index contributed by atoms with van der Waals surface area (Å²) in [5.41, 5.74) is 0.201. The van der Waals surface area contributed by atoms with Gasteiger partial charge in [0.1, 0.15) is 17.5 Å². The number of aromatic nitrogens is 2. The van der Waals surface area contributed by atoms with Crippen molar-refractivity contribution in [1.29, 1.82) is 0 Å². The van der Waals surface area contributed by atoms with E-state index in [9.17, 15) is 18.3 Å². The fourth-order valence-electron chi connectivity index (χ4n) is 1.97. The summed E-state index contributed by atoms with van der Waals surface area (Å²) >= 11 is 0. The molecular formula is C13H13F3N2O3. The third-order valence-electron chi connectivity index (χ3n) is 2.87. The van der Waals surface area contributed by atoms with E-state index in [1.54, 1.807) is 7.05 Å². The van der Waals surface area contributed by atoms with Gasteiger partial charge in [-0.3, -0.25) is 4.68 Å². The van der Waals surface area contributed by atoms with Crippen molar-refractivity contribution in [1.82, 2.24) is 9.78 Å². The van der Waals surface area contributed by atoms with E-state index in [1.807, 2.05) is 0 Å². The zero-order valence-corrected chi connectivity index (χ0v) is 11.3. The third kappa shape index (κ3) is 3.27. The van der Waals surface area contributed by atoms with Crippen LogP contribution in [0.15, 0.2) is 30.5 Å². The van der Waals surface area contributed by atoms with Gasteiger partial charge in [-0.15, -0.1) is 13.2 Å². The SMILES string of the molecule is COc1cnn(C)c1C(O)c1ccccc1OC(F)(F)F. The van der Waals surface area contributed by atoms with Crippen LogP contribution >= 0.6 is 0 Å². The second-order valence-corrected chi connectivity index (χ2v) is 4.21. The summed E-state index contributed by atoms with van der Waals surface area (Å²) in [5.74, 6) is -0.201. The molecule has 2 aromatic rings. The third-order valence-corrected chi connectivity index (χ3v) is 2.87. The molecule has 114 valence electrons. The maximum atomic E-state index is 12.4. The number of hydrogen-bond acceptors (Lipinski definition) is 4. The van der Waals surface area contributed by atoms with Crippen LogP contribution in [0.5, 0.6) is 11.5 Å². The second kappa shape index (κ2) is 5.65. The van der Waals surface area contributed by atoms with Gasteiger partial charge >= 0.3 is 6.36 Å². The average molecular weight is 302 g/mol. The Morgan fingerprint density at radius 2 is 1.90 bits per heavy atom. The van der Waals surface area contributed by atoms with Crippen LogP contribution in [0, 0.1) is 0 Å². The van der Waals surface area contributed by atoms with Crippen LogP contribution in [0.3, 0.4) is 0 Å². The first kappa shape index (κ1) is 15.2. The van der Waals surface area contributed by atoms with E-state index in [0.717, 1.165) is 6.07 Å². The maximum absolute atomic E-state index is 12.4. The molecule has 1 heterocycles. The number of nitrogens with zero attached hydrogens (tertiary/aromatic N) is 2. The molecule has 0 spiro atoms. The first-order valence-electron chi connectivity index (χ1n) is 5.92. The van der Waals surface area contributed by atoms with Crippen molar-refractivity contribution >= 4 is 0 Å². The topological polar surface area (TPSA) is 56.5 Å². The summed E-state index contributed by atoms with van der Waals surface area (Å²) in [4.78, 5) is 0. The van der Waals surface area contributed by atoms with Crippen LogP contribution in [0.25, 0.3) is 0 Å². The molecule has 0 amide bonds. The molecule has 0 fully saturated rings. The van der Waals surface area contributed by atoms with Gasteiger partial charge in [0.2, 0.25) is 0 Å². The lowest BCUT2D eigenvalue weighted by Crippen LogP contribution is -2.19. The predicted molar refractivity (Wildman–Crippen MR) is 66.9 cm³/mol. The Labute approximate surface area is 118 Å². The Kier molecular flexibility index (Phi) is 4.08. The largest absolute Gasteiger partial charge is 0.573 e. The van der Waals surface area contributed by atoms with Crippen LogP contribution < -0.4 is 9.47 Å². The lowest BCUT2D eigenvalue weighted by atomic mass is 10.0. The van der Waals surface area contributed by atoms with Gasteiger partial charge in [-0.05, 0) is 6.07 Å². The zero-order valence-electron chi connectivity index (χ0n) is 11.3. The van der Waals surface area contributed by atoms with Crippen LogP contribution in [0.4, 0.5) is 13.2 Å². The Hall–Kier alpha value is -2.22. The molecule has 1 N–H and O–H groups in total. The van der Waals surface area contributed by atoms with Gasteiger partial charge in [0, 0.05) is 12.6 Å². The van der Waals surface area contributed by atoms with Crippen molar-refractivity contribution in [2.45, 2.75) is 12.5 Å². The Morgan fingerprint density at radius 3 is 2.52 bits per heavy atom. The molecule has 1 aromatic heterocycles. The molecule has 0 saturated heterocycles. The molecule has 2 rings (SSSR count). The number of para-hydroxylation sites is 1. The first-order valence-corrected chi connectivity index (χ1v) is 5.92. The fourth-order valence-corrected chi connectivity index (χ4v) is 1.97. The zero-order chi connectivity index (χ0) is 15.6. The molecule has 0 bridgehead atoms. The number of alkyl halides is 3. The van der Waals surface area contributed by atoms with E-state index >= 15 is 0 Å². The van der Waals surface area contributed by atoms with Gasteiger partial charge < -0.3 is 14.6 Å². The van der Waals surface area contributed by atoms with E-state index in [2.05, 4.69) is 9.84 Å². The number of ether oxygens (including phenoxy) is 2. The van der Waals surface area contributed by atoms with Crippen molar-refractivity contribution in [3.05, 3.63) is 41.7 Å². The van der Waals surface area contributed by atoms with Gasteiger partial charge in [-0.25, -0.2) is 0 Å². The molecule has 1 atom stereocenters. The van der Waals surface area contributed by atoms with Gasteiger partial charge in [0.25, 0.3) is 0 Å². The molecule has 1 unspecified atom stereocenters. The Bertz CT molecular complexity index is 625. The number of hydrogen-bond donors (Lipinski definition) is 1. The highest BCUT2D eigenvalue weighted by Gasteiger charge is 2.33. The Balaban J connectivity index is 2.44. The summed E-state index contributed by atoms with van der Waals surface area (Å²) in [6.45, 7) is 0. The molecule has 0 radical (unpaired) electrons. The molecule has 21 heavy (non-hydrogen) atoms. The van der Waals surface area contributed by atoms with Crippen molar-refractivity contribution in [2.24, 2.45) is 7.05 Å². The molecule has 8 heteroatoms. The quantitative estimate of drug-likeness (QED) is 0.942. The molecule has 1 aromatic carbocycles. The normalized spacial score (nSPS) is 13.0. The summed E-state index contributed by atoms with van der Waals surface area (Å²) in [6, 6.07) is 5.37. The molecule has 0 aliphatic rings. The smallest absolute Gasteiger partial charge is 0.493 e. The molecule has 0 saturated carbocycles. The van der Waals surface area contributed by atoms with Crippen molar-refractivity contribution in [3.63, 3.8) is 0 Å². The standard InChI is InChI=1S/C13H13F3N2O3/c1-18-11(10(20-2)7-17-18)12(19)8-5-3-4-6-9(8)21-13(14,15)16/h3-7,12,19H,1-2H3. The number of halogens is 3. The number of rotatable bonds is 4. The molecular weight excluding hydrogens is 289 g/mol. The van der Waals surface area contributed by atoms with E-state index in [0.29, 0.717) is 0 Å². The lowest BCUT2D eigenvalue weighted by Gasteiger charge is -2.18. The summed E-state index contributed by atoms with van der Waals surface area (Å²) in [6.07, 6.45) is -4.84. The van der Waals surface area contributed by atoms with Gasteiger partial charge in [-0.1, -0.05) is 18.2 Å². The molecule has 0 aliphatic heterocycles. The Morgan fingerprint density at radius 1 is 1.24 bits per heavy atom. The summed E-state index contributed by atoms with van der Waals surface area (Å²) in [7, 11) is 2.93. The van der Waals surface area contributed by atoms with Crippen molar-refractivity contribution in [3.8, 4) is 11.5 Å². The fraction of sp³-hybridized carbons (Fsp3) is 0.308. The predicted octanol–water partition coefficient (Wildman–Crippen LogP) is 2.41. The minimum Gasteiger partial charge on any atom is -0.493 e. The minimum absolute atomic E-state index is 0.0308. The molecule has 0 aliphatic carbocycles. The molecule has 5 nitrogen and oxygen atoms in total. The lowest BCUT2D eigenvalue weighted by molar-refractivity contribution is -0.275. The van der Waals surface area contributed by atoms with E-state index in [1.165, 1.54) is 36.2 Å². The maximum Gasteiger partial charge on any atom is 0.573 e.